The lowest BCUT2D eigenvalue weighted by molar-refractivity contribution is 0.400. The van der Waals surface area contributed by atoms with Crippen LogP contribution in [0.1, 0.15) is 168 Å². The molecule has 734 valence electrons. The minimum atomic E-state index is -3.82. The van der Waals surface area contributed by atoms with Gasteiger partial charge in [-0.3, -0.25) is 0 Å². The lowest BCUT2D eigenvalue weighted by Gasteiger charge is -2.19. The number of rotatable bonds is 25. The Morgan fingerprint density at radius 3 is 0.669 bits per heavy atom. The van der Waals surface area contributed by atoms with Crippen LogP contribution >= 0.6 is 11.6 Å². The van der Waals surface area contributed by atoms with Gasteiger partial charge in [-0.25, -0.2) is 65.5 Å². The largest absolute Gasteiger partial charge is 0.497 e. The van der Waals surface area contributed by atoms with E-state index in [0.29, 0.717) is 120 Å². The van der Waals surface area contributed by atoms with Gasteiger partial charge in [0, 0.05) is 17.2 Å². The molecule has 0 atom stereocenters. The number of hydrogen-bond donors (Lipinski definition) is 0. The predicted molar refractivity (Wildman–Crippen MR) is 530 cm³/mol. The summed E-state index contributed by atoms with van der Waals surface area (Å²) in [5.74, 6) is 4.92. The lowest BCUT2D eigenvalue weighted by atomic mass is 9.87. The number of aromatic nitrogens is 15. The van der Waals surface area contributed by atoms with E-state index in [0.717, 1.165) is 38.9 Å². The quantitative estimate of drug-likeness (QED) is 0.0513. The molecule has 0 amide bonds. The van der Waals surface area contributed by atoms with Gasteiger partial charge in [0.15, 0.2) is 0 Å². The van der Waals surface area contributed by atoms with E-state index >= 15 is 0 Å². The second-order valence-corrected chi connectivity index (χ2v) is 45.2. The molecular weight excluding hydrogens is 1890 g/mol. The van der Waals surface area contributed by atoms with Gasteiger partial charge in [0.2, 0.25) is 74.3 Å². The van der Waals surface area contributed by atoms with Crippen LogP contribution in [0.3, 0.4) is 0 Å². The maximum Gasteiger partial charge on any atom is 0.227 e. The van der Waals surface area contributed by atoms with E-state index in [1.54, 1.807) is 178 Å². The van der Waals surface area contributed by atoms with E-state index in [-0.39, 0.29) is 60.4 Å². The zero-order chi connectivity index (χ0) is 102. The lowest BCUT2D eigenvalue weighted by Crippen LogP contribution is -2.12. The number of ether oxygens (including phenoxy) is 7. The number of sulfone groups is 5. The number of benzene rings is 10. The van der Waals surface area contributed by atoms with Crippen molar-refractivity contribution in [2.75, 3.05) is 49.8 Å². The van der Waals surface area contributed by atoms with Crippen LogP contribution in [0.15, 0.2) is 262 Å². The van der Waals surface area contributed by atoms with Gasteiger partial charge in [0.1, 0.15) is 68.7 Å². The van der Waals surface area contributed by atoms with Crippen molar-refractivity contribution in [2.24, 2.45) is 0 Å². The topological polar surface area (TPSA) is 389 Å². The van der Waals surface area contributed by atoms with Crippen LogP contribution in [-0.4, -0.2) is 167 Å². The average molecular weight is 2010 g/mol. The first-order valence-corrected chi connectivity index (χ1v) is 51.7. The molecule has 0 spiro atoms. The van der Waals surface area contributed by atoms with Gasteiger partial charge in [0.05, 0.1) is 103 Å². The SMILES string of the molecule is COc1ccc(C)cc1-n1nnc(S(=O)(=O)c2ccc(C(C)(C)C)cc2)c1C.COc1ccc(C)cc1-n1nnc(S(=O)(=O)c2ccc(C(C)C)cc2)c1C.COc1ccc(Cl)cc1-n1nnc(S(=O)(=O)c2ccc(C(C)C)cc2)c1C.COc1ccc(OC)c(-n2nnc(S(=O)(=O)c3ccc(C(C)(C)C)cc3)c2C)c1.COc1ccc(OC)c(-n2nnc(S(=O)(=O)c3ccc(C(C)C)cc3)c2C)c1. The zero-order valence-corrected chi connectivity index (χ0v) is 87.3. The van der Waals surface area contributed by atoms with Crippen LogP contribution in [0, 0.1) is 48.5 Å². The molecule has 0 unspecified atom stereocenters. The number of nitrogens with zero attached hydrogens (tertiary/aromatic N) is 15. The van der Waals surface area contributed by atoms with Gasteiger partial charge in [-0.1, -0.05) is 194 Å². The molecular formula is C101H116ClN15O17S5. The van der Waals surface area contributed by atoms with Crippen molar-refractivity contribution in [1.29, 1.82) is 0 Å². The Kier molecular flexibility index (Phi) is 33.0. The molecule has 0 fully saturated rings. The summed E-state index contributed by atoms with van der Waals surface area (Å²) in [5, 5.41) is 40.2. The highest BCUT2D eigenvalue weighted by Crippen LogP contribution is 2.39. The summed E-state index contributed by atoms with van der Waals surface area (Å²) in [7, 11) is -8.15. The Balaban J connectivity index is 0.000000166. The molecule has 0 bridgehead atoms. The van der Waals surface area contributed by atoms with Gasteiger partial charge < -0.3 is 33.2 Å². The summed E-state index contributed by atoms with van der Waals surface area (Å²) >= 11 is 6.07. The summed E-state index contributed by atoms with van der Waals surface area (Å²) in [6, 6.07) is 61.1. The van der Waals surface area contributed by atoms with Crippen LogP contribution < -0.4 is 33.2 Å². The summed E-state index contributed by atoms with van der Waals surface area (Å²) in [6.45, 7) is 37.1. The van der Waals surface area contributed by atoms with Crippen molar-refractivity contribution in [3.05, 3.63) is 285 Å². The molecule has 15 rings (SSSR count). The molecule has 0 N–H and O–H groups in total. The molecule has 5 aromatic heterocycles. The average Bonchev–Trinajstić information content (AvgIpc) is 1.66. The van der Waals surface area contributed by atoms with Crippen molar-refractivity contribution in [1.82, 2.24) is 75.0 Å². The van der Waals surface area contributed by atoms with Crippen molar-refractivity contribution >= 4 is 60.8 Å². The van der Waals surface area contributed by atoms with Crippen LogP contribution in [0.4, 0.5) is 0 Å². The summed E-state index contributed by atoms with van der Waals surface area (Å²) in [6.07, 6.45) is 0. The standard InChI is InChI=1S/C21H25N3O4S.C21H25N3O3S.C20H23N3O4S.C20H23N3O3S.C19H20ClN3O3S/c1-14-20(29(25,26)17-10-7-15(8-11-17)21(2,3)4)22-23-24(14)18-13-16(27-5)9-12-19(18)28-6;1-14-7-12-19(27-6)18(13-14)24-15(2)20(22-23-24)28(25,26)17-10-8-16(9-11-17)21(3,4)5;1-13(2)15-6-9-17(10-7-15)28(24,25)20-14(3)23(22-21-20)18-12-16(26-4)8-11-19(18)27-5;1-13(2)16-7-9-17(10-8-16)27(24,25)20-15(4)23(22-21-20)18-12-14(3)6-11-19(18)26-5;1-12(2)14-5-8-16(9-6-14)27(24,25)19-13(3)23(22-21-19)17-11-15(20)7-10-18(17)26-4/h7-13H,1-6H3;7-13H,1-6H3;6-13H,1-5H3;6-13H,1-5H3;5-12H,1-4H3. The summed E-state index contributed by atoms with van der Waals surface area (Å²) in [4.78, 5) is 0.952. The monoisotopic (exact) mass is 2010 g/mol. The number of aryl methyl sites for hydroxylation is 2. The Bertz CT molecular complexity index is 7360. The molecule has 0 aliphatic heterocycles. The maximum atomic E-state index is 13.2. The molecule has 139 heavy (non-hydrogen) atoms. The molecule has 10 aromatic carbocycles. The molecule has 15 aromatic rings. The van der Waals surface area contributed by atoms with Gasteiger partial charge in [-0.05, 0) is 243 Å². The van der Waals surface area contributed by atoms with E-state index in [1.165, 1.54) is 44.7 Å². The first-order valence-electron chi connectivity index (χ1n) is 43.9. The third-order valence-corrected chi connectivity index (χ3v) is 32.0. The Labute approximate surface area is 818 Å². The first-order chi connectivity index (χ1) is 65.4. The van der Waals surface area contributed by atoms with E-state index in [1.807, 2.05) is 111 Å². The van der Waals surface area contributed by atoms with Crippen molar-refractivity contribution in [3.63, 3.8) is 0 Å². The summed E-state index contributed by atoms with van der Waals surface area (Å²) in [5.41, 5.74) is 12.2. The predicted octanol–water partition coefficient (Wildman–Crippen LogP) is 19.3. The summed E-state index contributed by atoms with van der Waals surface area (Å²) < 4.78 is 176. The highest BCUT2D eigenvalue weighted by atomic mass is 35.5. The fourth-order valence-corrected chi connectivity index (χ4v) is 21.4. The minimum Gasteiger partial charge on any atom is -0.497 e. The first kappa shape index (κ1) is 106. The number of methoxy groups -OCH3 is 7. The van der Waals surface area contributed by atoms with E-state index in [4.69, 9.17) is 44.8 Å². The number of halogens is 1. The normalized spacial score (nSPS) is 11.9. The van der Waals surface area contributed by atoms with E-state index < -0.39 is 49.2 Å². The zero-order valence-electron chi connectivity index (χ0n) is 82.5. The second kappa shape index (κ2) is 43.3. The van der Waals surface area contributed by atoms with E-state index in [2.05, 4.69) is 135 Å². The number of hydrogen-bond acceptors (Lipinski definition) is 27. The van der Waals surface area contributed by atoms with Gasteiger partial charge in [0.25, 0.3) is 0 Å². The van der Waals surface area contributed by atoms with Gasteiger partial charge in [-0.2, -0.15) is 0 Å². The highest BCUT2D eigenvalue weighted by Gasteiger charge is 2.34. The smallest absolute Gasteiger partial charge is 0.227 e. The Morgan fingerprint density at radius 1 is 0.259 bits per heavy atom. The Hall–Kier alpha value is -13.5. The van der Waals surface area contributed by atoms with Crippen molar-refractivity contribution in [2.45, 2.75) is 210 Å². The van der Waals surface area contributed by atoms with Gasteiger partial charge >= 0.3 is 0 Å². The van der Waals surface area contributed by atoms with Crippen molar-refractivity contribution in [3.8, 4) is 68.7 Å². The fraction of sp³-hybridized carbons (Fsp3) is 0.307. The Morgan fingerprint density at radius 2 is 0.460 bits per heavy atom. The van der Waals surface area contributed by atoms with Crippen LogP contribution in [0.25, 0.3) is 28.4 Å². The van der Waals surface area contributed by atoms with Crippen molar-refractivity contribution < 1.29 is 75.2 Å². The third kappa shape index (κ3) is 23.1. The molecule has 0 saturated carbocycles. The second-order valence-electron chi connectivity index (χ2n) is 35.4. The van der Waals surface area contributed by atoms with Crippen LogP contribution in [0.2, 0.25) is 5.02 Å². The molecule has 0 aliphatic rings. The fourth-order valence-electron chi connectivity index (χ4n) is 14.6. The van der Waals surface area contributed by atoms with Crippen LogP contribution in [-0.2, 0) is 60.0 Å². The van der Waals surface area contributed by atoms with Crippen LogP contribution in [0.5, 0.6) is 40.2 Å². The van der Waals surface area contributed by atoms with E-state index in [9.17, 15) is 42.1 Å². The maximum absolute atomic E-state index is 13.2. The molecule has 0 aliphatic carbocycles. The molecule has 32 nitrogen and oxygen atoms in total. The van der Waals surface area contributed by atoms with Gasteiger partial charge in [-0.15, -0.1) is 25.5 Å². The molecule has 0 saturated heterocycles. The highest BCUT2D eigenvalue weighted by molar-refractivity contribution is 7.92. The minimum absolute atomic E-state index is 0.0524. The molecule has 5 heterocycles. The third-order valence-electron chi connectivity index (χ3n) is 22.9. The molecule has 0 radical (unpaired) electrons. The molecule has 38 heteroatoms.